The van der Waals surface area contributed by atoms with Gasteiger partial charge in [-0.25, -0.2) is 4.98 Å². The Balaban J connectivity index is 2.07. The van der Waals surface area contributed by atoms with Crippen LogP contribution in [0.25, 0.3) is 0 Å². The summed E-state index contributed by atoms with van der Waals surface area (Å²) >= 11 is 3.38. The molecule has 1 N–H and O–H groups in total. The molecule has 0 aliphatic rings. The second-order valence-electron chi connectivity index (χ2n) is 4.10. The molecule has 0 aliphatic carbocycles. The Hall–Kier alpha value is -1.95. The van der Waals surface area contributed by atoms with Crippen molar-refractivity contribution in [1.82, 2.24) is 4.98 Å². The lowest BCUT2D eigenvalue weighted by Gasteiger charge is -2.08. The van der Waals surface area contributed by atoms with Crippen LogP contribution in [-0.2, 0) is 6.54 Å². The van der Waals surface area contributed by atoms with Gasteiger partial charge in [-0.1, -0.05) is 28.1 Å². The van der Waals surface area contributed by atoms with Gasteiger partial charge in [-0.2, -0.15) is 0 Å². The molecular formula is C13H12BrN3O2. The summed E-state index contributed by atoms with van der Waals surface area (Å²) in [5.41, 5.74) is 1.88. The molecule has 1 heterocycles. The van der Waals surface area contributed by atoms with Crippen LogP contribution in [0.2, 0.25) is 0 Å². The Morgan fingerprint density at radius 3 is 2.63 bits per heavy atom. The van der Waals surface area contributed by atoms with E-state index in [1.54, 1.807) is 6.92 Å². The van der Waals surface area contributed by atoms with Gasteiger partial charge >= 0.3 is 0 Å². The number of nitrogens with one attached hydrogen (secondary N) is 1. The van der Waals surface area contributed by atoms with E-state index >= 15 is 0 Å². The smallest absolute Gasteiger partial charge is 0.287 e. The van der Waals surface area contributed by atoms with E-state index in [4.69, 9.17) is 0 Å². The fraction of sp³-hybridized carbons (Fsp3) is 0.154. The number of pyridine rings is 1. The van der Waals surface area contributed by atoms with Crippen LogP contribution in [0.4, 0.5) is 11.5 Å². The number of rotatable bonds is 4. The number of benzene rings is 1. The molecule has 98 valence electrons. The molecule has 0 radical (unpaired) electrons. The maximum atomic E-state index is 10.6. The lowest BCUT2D eigenvalue weighted by molar-refractivity contribution is -0.385. The fourth-order valence-corrected chi connectivity index (χ4v) is 1.90. The molecule has 0 saturated carbocycles. The highest BCUT2D eigenvalue weighted by molar-refractivity contribution is 9.10. The number of nitro groups is 1. The average Bonchev–Trinajstić information content (AvgIpc) is 2.39. The van der Waals surface area contributed by atoms with Crippen molar-refractivity contribution in [3.05, 3.63) is 62.2 Å². The summed E-state index contributed by atoms with van der Waals surface area (Å²) in [6.07, 6.45) is 1.26. The van der Waals surface area contributed by atoms with Crippen LogP contribution in [0.15, 0.2) is 41.0 Å². The monoisotopic (exact) mass is 321 g/mol. The maximum absolute atomic E-state index is 10.6. The highest BCUT2D eigenvalue weighted by atomic mass is 79.9. The molecule has 19 heavy (non-hydrogen) atoms. The van der Waals surface area contributed by atoms with E-state index in [0.29, 0.717) is 12.4 Å². The lowest BCUT2D eigenvalue weighted by Crippen LogP contribution is -2.03. The van der Waals surface area contributed by atoms with Crippen LogP contribution in [0.3, 0.4) is 0 Å². The van der Waals surface area contributed by atoms with Gasteiger partial charge in [0.15, 0.2) is 0 Å². The Morgan fingerprint density at radius 2 is 2.05 bits per heavy atom. The van der Waals surface area contributed by atoms with Crippen molar-refractivity contribution < 1.29 is 4.92 Å². The third-order valence-corrected chi connectivity index (χ3v) is 3.18. The van der Waals surface area contributed by atoms with Gasteiger partial charge in [0, 0.05) is 17.1 Å². The third kappa shape index (κ3) is 3.51. The number of aromatic nitrogens is 1. The molecule has 0 spiro atoms. The molecule has 0 unspecified atom stereocenters. The molecule has 2 aromatic rings. The summed E-state index contributed by atoms with van der Waals surface area (Å²) in [6, 6.07) is 9.44. The highest BCUT2D eigenvalue weighted by Gasteiger charge is 2.09. The Bertz CT molecular complexity index is 599. The van der Waals surface area contributed by atoms with Crippen molar-refractivity contribution in [2.45, 2.75) is 13.5 Å². The standard InChI is InChI=1S/C13H12BrN3O2/c1-9-6-12(17(18)19)8-16-13(9)15-7-10-2-4-11(14)5-3-10/h2-6,8H,7H2,1H3,(H,15,16). The summed E-state index contributed by atoms with van der Waals surface area (Å²) in [6.45, 7) is 2.42. The van der Waals surface area contributed by atoms with E-state index < -0.39 is 4.92 Å². The van der Waals surface area contributed by atoms with E-state index in [2.05, 4.69) is 26.2 Å². The molecule has 0 aliphatic heterocycles. The summed E-state index contributed by atoms with van der Waals surface area (Å²) in [7, 11) is 0. The van der Waals surface area contributed by atoms with Crippen molar-refractivity contribution in [3.63, 3.8) is 0 Å². The van der Waals surface area contributed by atoms with Crippen LogP contribution >= 0.6 is 15.9 Å². The van der Waals surface area contributed by atoms with Crippen LogP contribution in [-0.4, -0.2) is 9.91 Å². The minimum absolute atomic E-state index is 0.00620. The number of halogens is 1. The summed E-state index contributed by atoms with van der Waals surface area (Å²) in [5, 5.41) is 13.8. The van der Waals surface area contributed by atoms with Gasteiger partial charge in [0.25, 0.3) is 5.69 Å². The first-order chi connectivity index (χ1) is 9.06. The minimum atomic E-state index is -0.446. The van der Waals surface area contributed by atoms with Crippen LogP contribution in [0.5, 0.6) is 0 Å². The zero-order chi connectivity index (χ0) is 13.8. The molecular weight excluding hydrogens is 310 g/mol. The second kappa shape index (κ2) is 5.79. The SMILES string of the molecule is Cc1cc([N+](=O)[O-])cnc1NCc1ccc(Br)cc1. The molecule has 1 aromatic carbocycles. The molecule has 0 atom stereocenters. The van der Waals surface area contributed by atoms with Crippen LogP contribution in [0.1, 0.15) is 11.1 Å². The van der Waals surface area contributed by atoms with Crippen molar-refractivity contribution >= 4 is 27.4 Å². The third-order valence-electron chi connectivity index (χ3n) is 2.65. The predicted octanol–water partition coefficient (Wildman–Crippen LogP) is 3.67. The fourth-order valence-electron chi connectivity index (χ4n) is 1.63. The quantitative estimate of drug-likeness (QED) is 0.689. The molecule has 5 nitrogen and oxygen atoms in total. The Kier molecular flexibility index (Phi) is 4.11. The zero-order valence-corrected chi connectivity index (χ0v) is 11.8. The molecule has 0 saturated heterocycles. The van der Waals surface area contributed by atoms with Gasteiger partial charge < -0.3 is 5.32 Å². The normalized spacial score (nSPS) is 10.2. The predicted molar refractivity (Wildman–Crippen MR) is 77.1 cm³/mol. The summed E-state index contributed by atoms with van der Waals surface area (Å²) in [5.74, 6) is 0.661. The van der Waals surface area contributed by atoms with Gasteiger partial charge in [-0.3, -0.25) is 10.1 Å². The molecule has 0 bridgehead atoms. The highest BCUT2D eigenvalue weighted by Crippen LogP contribution is 2.19. The Morgan fingerprint density at radius 1 is 1.37 bits per heavy atom. The molecule has 6 heteroatoms. The van der Waals surface area contributed by atoms with E-state index in [1.165, 1.54) is 12.3 Å². The zero-order valence-electron chi connectivity index (χ0n) is 10.3. The number of nitrogens with zero attached hydrogens (tertiary/aromatic N) is 2. The lowest BCUT2D eigenvalue weighted by atomic mass is 10.2. The van der Waals surface area contributed by atoms with E-state index in [-0.39, 0.29) is 5.69 Å². The van der Waals surface area contributed by atoms with Crippen molar-refractivity contribution in [2.24, 2.45) is 0 Å². The van der Waals surface area contributed by atoms with Gasteiger partial charge in [0.1, 0.15) is 12.0 Å². The molecule has 0 fully saturated rings. The molecule has 1 aromatic heterocycles. The van der Waals surface area contributed by atoms with Gasteiger partial charge in [-0.05, 0) is 30.2 Å². The van der Waals surface area contributed by atoms with E-state index in [9.17, 15) is 10.1 Å². The first kappa shape index (κ1) is 13.5. The largest absolute Gasteiger partial charge is 0.366 e. The number of hydrogen-bond donors (Lipinski definition) is 1. The van der Waals surface area contributed by atoms with Gasteiger partial charge in [-0.15, -0.1) is 0 Å². The van der Waals surface area contributed by atoms with Crippen molar-refractivity contribution in [3.8, 4) is 0 Å². The summed E-state index contributed by atoms with van der Waals surface area (Å²) in [4.78, 5) is 14.2. The van der Waals surface area contributed by atoms with Crippen molar-refractivity contribution in [2.75, 3.05) is 5.32 Å². The maximum Gasteiger partial charge on any atom is 0.287 e. The van der Waals surface area contributed by atoms with Gasteiger partial charge in [0.2, 0.25) is 0 Å². The number of aryl methyl sites for hydroxylation is 1. The van der Waals surface area contributed by atoms with Crippen LogP contribution in [0, 0.1) is 17.0 Å². The van der Waals surface area contributed by atoms with E-state index in [0.717, 1.165) is 15.6 Å². The second-order valence-corrected chi connectivity index (χ2v) is 5.01. The van der Waals surface area contributed by atoms with E-state index in [1.807, 2.05) is 24.3 Å². The molecule has 2 rings (SSSR count). The Labute approximate surface area is 119 Å². The average molecular weight is 322 g/mol. The minimum Gasteiger partial charge on any atom is -0.366 e. The number of anilines is 1. The van der Waals surface area contributed by atoms with Crippen LogP contribution < -0.4 is 5.32 Å². The number of hydrogen-bond acceptors (Lipinski definition) is 4. The topological polar surface area (TPSA) is 68.1 Å². The van der Waals surface area contributed by atoms with Crippen molar-refractivity contribution in [1.29, 1.82) is 0 Å². The first-order valence-electron chi connectivity index (χ1n) is 5.65. The van der Waals surface area contributed by atoms with Gasteiger partial charge in [0.05, 0.1) is 4.92 Å². The first-order valence-corrected chi connectivity index (χ1v) is 6.45. The summed E-state index contributed by atoms with van der Waals surface area (Å²) < 4.78 is 1.03. The molecule has 0 amide bonds.